The smallest absolute Gasteiger partial charge is 0.182 e. The average Bonchev–Trinajstić information content (AvgIpc) is 4.03. The van der Waals surface area contributed by atoms with Gasteiger partial charge < -0.3 is 13.6 Å². The molecule has 12 aromatic rings. The highest BCUT2D eigenvalue weighted by Gasteiger charge is 2.22. The molecule has 0 unspecified atom stereocenters. The normalized spacial score (nSPS) is 11.9. The third kappa shape index (κ3) is 4.50. The summed E-state index contributed by atoms with van der Waals surface area (Å²) in [5.74, 6) is 1.48. The summed E-state index contributed by atoms with van der Waals surface area (Å²) in [7, 11) is 0. The van der Waals surface area contributed by atoms with E-state index in [1.807, 2.05) is 53.2 Å². The average molecular weight is 718 g/mol. The van der Waals surface area contributed by atoms with Crippen LogP contribution < -0.4 is 0 Å². The number of rotatable bonds is 5. The Morgan fingerprint density at radius 2 is 1.00 bits per heavy atom. The zero-order valence-corrected chi connectivity index (χ0v) is 30.0. The Kier molecular flexibility index (Phi) is 6.53. The second-order valence-corrected chi connectivity index (χ2v) is 14.3. The van der Waals surface area contributed by atoms with Gasteiger partial charge >= 0.3 is 0 Å². The standard InChI is InChI=1S/C50H31N5O/c1-3-15-32(16-4-1)49-51-50(55(52-49)33-17-5-2-6-18-33)39-24-14-27-44-48(39)38-23-8-11-26-43(38)53(44)34-19-13-20-35(29-34)54-42-25-10-7-21-36(42)40-30-41-37-22-9-12-28-46(37)56-47(41)31-45(40)54/h1-31H. The predicted molar refractivity (Wildman–Crippen MR) is 228 cm³/mol. The molecule has 0 radical (unpaired) electrons. The lowest BCUT2D eigenvalue weighted by Crippen LogP contribution is -2.00. The van der Waals surface area contributed by atoms with Crippen molar-refractivity contribution in [1.29, 1.82) is 0 Å². The molecule has 0 atom stereocenters. The Hall–Kier alpha value is -7.70. The third-order valence-corrected chi connectivity index (χ3v) is 11.1. The molecule has 56 heavy (non-hydrogen) atoms. The second kappa shape index (κ2) is 11.9. The van der Waals surface area contributed by atoms with Crippen LogP contribution in [0.1, 0.15) is 0 Å². The molecule has 4 aromatic heterocycles. The number of hydrogen-bond donors (Lipinski definition) is 0. The molecule has 12 rings (SSSR count). The van der Waals surface area contributed by atoms with E-state index in [1.54, 1.807) is 0 Å². The van der Waals surface area contributed by atoms with Crippen LogP contribution in [0.2, 0.25) is 0 Å². The van der Waals surface area contributed by atoms with Gasteiger partial charge in [-0.2, -0.15) is 0 Å². The van der Waals surface area contributed by atoms with Crippen LogP contribution >= 0.6 is 0 Å². The van der Waals surface area contributed by atoms with Crippen LogP contribution in [0.25, 0.3) is 105 Å². The minimum atomic E-state index is 0.684. The molecule has 0 bridgehead atoms. The highest BCUT2D eigenvalue weighted by Crippen LogP contribution is 2.41. The highest BCUT2D eigenvalue weighted by molar-refractivity contribution is 6.18. The van der Waals surface area contributed by atoms with E-state index < -0.39 is 0 Å². The van der Waals surface area contributed by atoms with Gasteiger partial charge in [-0.25, -0.2) is 9.67 Å². The van der Waals surface area contributed by atoms with Gasteiger partial charge in [-0.3, -0.25) is 0 Å². The predicted octanol–water partition coefficient (Wildman–Crippen LogP) is 12.7. The monoisotopic (exact) mass is 717 g/mol. The lowest BCUT2D eigenvalue weighted by molar-refractivity contribution is 0.669. The molecule has 0 saturated carbocycles. The number of nitrogens with zero attached hydrogens (tertiary/aromatic N) is 5. The van der Waals surface area contributed by atoms with E-state index in [4.69, 9.17) is 14.5 Å². The van der Waals surface area contributed by atoms with Gasteiger partial charge in [0.15, 0.2) is 11.6 Å². The van der Waals surface area contributed by atoms with Crippen molar-refractivity contribution in [3.63, 3.8) is 0 Å². The van der Waals surface area contributed by atoms with Crippen molar-refractivity contribution >= 4 is 65.6 Å². The molecule has 6 nitrogen and oxygen atoms in total. The maximum atomic E-state index is 6.41. The van der Waals surface area contributed by atoms with Crippen molar-refractivity contribution in [2.75, 3.05) is 0 Å². The summed E-state index contributed by atoms with van der Waals surface area (Å²) >= 11 is 0. The molecule has 0 N–H and O–H groups in total. The first-order valence-electron chi connectivity index (χ1n) is 18.8. The Morgan fingerprint density at radius 3 is 1.80 bits per heavy atom. The Morgan fingerprint density at radius 1 is 0.393 bits per heavy atom. The van der Waals surface area contributed by atoms with Crippen LogP contribution in [0, 0.1) is 0 Å². The van der Waals surface area contributed by atoms with Crippen LogP contribution in [0.15, 0.2) is 192 Å². The van der Waals surface area contributed by atoms with Gasteiger partial charge in [0.1, 0.15) is 11.2 Å². The number of furan rings is 1. The number of para-hydroxylation sites is 4. The quantitative estimate of drug-likeness (QED) is 0.178. The molecular weight excluding hydrogens is 687 g/mol. The fourth-order valence-corrected chi connectivity index (χ4v) is 8.67. The lowest BCUT2D eigenvalue weighted by Gasteiger charge is -2.13. The van der Waals surface area contributed by atoms with Crippen molar-refractivity contribution in [3.05, 3.63) is 188 Å². The molecule has 0 amide bonds. The third-order valence-electron chi connectivity index (χ3n) is 11.1. The Labute approximate surface area is 320 Å². The SMILES string of the molecule is c1ccc(-c2nc(-c3cccc4c3c3ccccc3n4-c3cccc(-n4c5ccccc5c5cc6c(cc54)oc4ccccc46)c3)n(-c3ccccc3)n2)cc1. The van der Waals surface area contributed by atoms with Crippen molar-refractivity contribution in [2.24, 2.45) is 0 Å². The Bertz CT molecular complexity index is 3480. The number of benzene rings is 8. The molecule has 8 aromatic carbocycles. The van der Waals surface area contributed by atoms with Gasteiger partial charge in [0.25, 0.3) is 0 Å². The summed E-state index contributed by atoms with van der Waals surface area (Å²) in [5, 5.41) is 12.0. The van der Waals surface area contributed by atoms with Crippen LogP contribution in [0.3, 0.4) is 0 Å². The summed E-state index contributed by atoms with van der Waals surface area (Å²) in [6, 6.07) is 66.0. The van der Waals surface area contributed by atoms with Crippen molar-refractivity contribution in [3.8, 4) is 39.8 Å². The zero-order chi connectivity index (χ0) is 36.7. The molecular formula is C50H31N5O. The fraction of sp³-hybridized carbons (Fsp3) is 0. The molecule has 262 valence electrons. The fourth-order valence-electron chi connectivity index (χ4n) is 8.67. The number of hydrogen-bond acceptors (Lipinski definition) is 3. The minimum Gasteiger partial charge on any atom is -0.456 e. The van der Waals surface area contributed by atoms with Crippen LogP contribution in [0.4, 0.5) is 0 Å². The van der Waals surface area contributed by atoms with Crippen molar-refractivity contribution < 1.29 is 4.42 Å². The number of fused-ring (bicyclic) bond motifs is 9. The summed E-state index contributed by atoms with van der Waals surface area (Å²) in [4.78, 5) is 5.24. The highest BCUT2D eigenvalue weighted by atomic mass is 16.3. The first-order valence-corrected chi connectivity index (χ1v) is 18.8. The van der Waals surface area contributed by atoms with Crippen LogP contribution in [-0.2, 0) is 0 Å². The van der Waals surface area contributed by atoms with E-state index >= 15 is 0 Å². The minimum absolute atomic E-state index is 0.684. The molecule has 6 heteroatoms. The number of aromatic nitrogens is 5. The summed E-state index contributed by atoms with van der Waals surface area (Å²) in [5.41, 5.74) is 11.3. The van der Waals surface area contributed by atoms with E-state index in [1.165, 1.54) is 10.8 Å². The van der Waals surface area contributed by atoms with Crippen LogP contribution in [-0.4, -0.2) is 23.9 Å². The van der Waals surface area contributed by atoms with Crippen molar-refractivity contribution in [1.82, 2.24) is 23.9 Å². The van der Waals surface area contributed by atoms with Gasteiger partial charge in [-0.15, -0.1) is 5.10 Å². The molecule has 4 heterocycles. The van der Waals surface area contributed by atoms with Gasteiger partial charge in [0.2, 0.25) is 0 Å². The molecule has 0 aliphatic heterocycles. The zero-order valence-electron chi connectivity index (χ0n) is 30.0. The molecule has 0 fully saturated rings. The largest absolute Gasteiger partial charge is 0.456 e. The topological polar surface area (TPSA) is 53.7 Å². The molecule has 0 aliphatic carbocycles. The van der Waals surface area contributed by atoms with Crippen molar-refractivity contribution in [2.45, 2.75) is 0 Å². The van der Waals surface area contributed by atoms with E-state index in [-0.39, 0.29) is 0 Å². The summed E-state index contributed by atoms with van der Waals surface area (Å²) in [6.45, 7) is 0. The van der Waals surface area contributed by atoms with Gasteiger partial charge in [0.05, 0.1) is 27.8 Å². The van der Waals surface area contributed by atoms with Gasteiger partial charge in [-0.1, -0.05) is 121 Å². The van der Waals surface area contributed by atoms with E-state index in [0.29, 0.717) is 5.82 Å². The van der Waals surface area contributed by atoms with E-state index in [2.05, 4.69) is 149 Å². The molecule has 0 spiro atoms. The maximum absolute atomic E-state index is 6.41. The maximum Gasteiger partial charge on any atom is 0.182 e. The van der Waals surface area contributed by atoms with Gasteiger partial charge in [-0.05, 0) is 60.7 Å². The van der Waals surface area contributed by atoms with Crippen LogP contribution in [0.5, 0.6) is 0 Å². The van der Waals surface area contributed by atoms with E-state index in [0.717, 1.165) is 88.8 Å². The molecule has 0 saturated heterocycles. The first kappa shape index (κ1) is 30.7. The van der Waals surface area contributed by atoms with Gasteiger partial charge in [0, 0.05) is 60.9 Å². The first-order chi connectivity index (χ1) is 27.8. The lowest BCUT2D eigenvalue weighted by atomic mass is 10.1. The van der Waals surface area contributed by atoms with E-state index in [9.17, 15) is 0 Å². The molecule has 0 aliphatic rings. The summed E-state index contributed by atoms with van der Waals surface area (Å²) < 4.78 is 13.1. The Balaban J connectivity index is 1.09. The second-order valence-electron chi connectivity index (χ2n) is 14.3. The summed E-state index contributed by atoms with van der Waals surface area (Å²) in [6.07, 6.45) is 0.